The number of hydrogen-bond donors (Lipinski definition) is 2. The number of amides is 2. The van der Waals surface area contributed by atoms with Gasteiger partial charge in [0.15, 0.2) is 0 Å². The lowest BCUT2D eigenvalue weighted by Gasteiger charge is -2.38. The molecule has 5 nitrogen and oxygen atoms in total. The first-order valence-corrected chi connectivity index (χ1v) is 8.32. The zero-order chi connectivity index (χ0) is 15.0. The minimum absolute atomic E-state index is 0.0729. The Morgan fingerprint density at radius 3 is 2.33 bits per heavy atom. The molecule has 3 atom stereocenters. The third-order valence-corrected chi connectivity index (χ3v) is 5.53. The fourth-order valence-corrected chi connectivity index (χ4v) is 4.21. The summed E-state index contributed by atoms with van der Waals surface area (Å²) >= 11 is 0. The van der Waals surface area contributed by atoms with Crippen LogP contribution in [-0.4, -0.2) is 40.6 Å². The van der Waals surface area contributed by atoms with Crippen LogP contribution in [0.25, 0.3) is 0 Å². The first-order valence-electron chi connectivity index (χ1n) is 8.32. The van der Waals surface area contributed by atoms with Gasteiger partial charge in [-0.05, 0) is 56.3 Å². The fourth-order valence-electron chi connectivity index (χ4n) is 4.21. The molecule has 2 aliphatic heterocycles. The number of urea groups is 1. The van der Waals surface area contributed by atoms with E-state index in [4.69, 9.17) is 5.11 Å². The largest absolute Gasteiger partial charge is 0.481 e. The van der Waals surface area contributed by atoms with Crippen LogP contribution in [0.5, 0.6) is 0 Å². The van der Waals surface area contributed by atoms with E-state index in [0.717, 1.165) is 38.1 Å². The van der Waals surface area contributed by atoms with Gasteiger partial charge in [0.2, 0.25) is 0 Å². The summed E-state index contributed by atoms with van der Waals surface area (Å²) in [5.41, 5.74) is 0. The zero-order valence-corrected chi connectivity index (χ0v) is 12.8. The molecule has 2 saturated heterocycles. The van der Waals surface area contributed by atoms with Crippen LogP contribution in [0.4, 0.5) is 4.79 Å². The molecule has 0 radical (unpaired) electrons. The van der Waals surface area contributed by atoms with E-state index in [-0.39, 0.29) is 30.5 Å². The van der Waals surface area contributed by atoms with Crippen LogP contribution in [-0.2, 0) is 4.79 Å². The Kier molecular flexibility index (Phi) is 4.09. The Bertz CT molecular complexity index is 408. The van der Waals surface area contributed by atoms with Crippen molar-refractivity contribution >= 4 is 12.0 Å². The van der Waals surface area contributed by atoms with Gasteiger partial charge in [0, 0.05) is 25.0 Å². The molecular weight excluding hydrogens is 268 g/mol. The number of aliphatic carboxylic acids is 1. The molecule has 21 heavy (non-hydrogen) atoms. The van der Waals surface area contributed by atoms with Crippen molar-refractivity contribution in [1.29, 1.82) is 0 Å². The van der Waals surface area contributed by atoms with Crippen molar-refractivity contribution in [2.75, 3.05) is 6.54 Å². The lowest BCUT2D eigenvalue weighted by Crippen LogP contribution is -2.51. The molecule has 2 heterocycles. The third kappa shape index (κ3) is 3.33. The smallest absolute Gasteiger partial charge is 0.317 e. The maximum absolute atomic E-state index is 12.4. The first-order chi connectivity index (χ1) is 10.0. The van der Waals surface area contributed by atoms with Crippen molar-refractivity contribution in [3.63, 3.8) is 0 Å². The molecule has 118 valence electrons. The molecule has 5 heteroatoms. The van der Waals surface area contributed by atoms with Gasteiger partial charge in [-0.15, -0.1) is 0 Å². The SMILES string of the molecule is CC(CNC(=O)N1C2CCC1CC(CC(=O)O)C2)C1CC1. The molecule has 3 unspecified atom stereocenters. The number of carbonyl (C=O) groups is 2. The zero-order valence-electron chi connectivity index (χ0n) is 12.8. The molecule has 0 aromatic heterocycles. The average Bonchev–Trinajstić information content (AvgIpc) is 3.22. The molecule has 3 rings (SSSR count). The maximum Gasteiger partial charge on any atom is 0.317 e. The predicted octanol–water partition coefficient (Wildman–Crippen LogP) is 2.46. The molecule has 2 bridgehead atoms. The summed E-state index contributed by atoms with van der Waals surface area (Å²) < 4.78 is 0. The second kappa shape index (κ2) is 5.85. The Balaban J connectivity index is 1.51. The molecule has 2 amide bonds. The Labute approximate surface area is 126 Å². The van der Waals surface area contributed by atoms with Crippen molar-refractivity contribution in [3.8, 4) is 0 Å². The van der Waals surface area contributed by atoms with Gasteiger partial charge >= 0.3 is 12.0 Å². The van der Waals surface area contributed by atoms with E-state index in [2.05, 4.69) is 12.2 Å². The molecule has 0 spiro atoms. The summed E-state index contributed by atoms with van der Waals surface area (Å²) in [7, 11) is 0. The van der Waals surface area contributed by atoms with E-state index in [1.807, 2.05) is 4.90 Å². The summed E-state index contributed by atoms with van der Waals surface area (Å²) in [5, 5.41) is 12.0. The van der Waals surface area contributed by atoms with E-state index in [9.17, 15) is 9.59 Å². The lowest BCUT2D eigenvalue weighted by molar-refractivity contribution is -0.138. The predicted molar refractivity (Wildman–Crippen MR) is 78.9 cm³/mol. The molecule has 3 fully saturated rings. The van der Waals surface area contributed by atoms with Crippen molar-refractivity contribution in [2.45, 2.75) is 64.0 Å². The number of fused-ring (bicyclic) bond motifs is 2. The van der Waals surface area contributed by atoms with Gasteiger partial charge in [-0.1, -0.05) is 6.92 Å². The second-order valence-corrected chi connectivity index (χ2v) is 7.23. The van der Waals surface area contributed by atoms with Gasteiger partial charge in [-0.2, -0.15) is 0 Å². The lowest BCUT2D eigenvalue weighted by atomic mass is 9.88. The molecule has 1 aliphatic carbocycles. The van der Waals surface area contributed by atoms with Crippen LogP contribution in [0, 0.1) is 17.8 Å². The van der Waals surface area contributed by atoms with Crippen molar-refractivity contribution < 1.29 is 14.7 Å². The molecule has 0 aromatic rings. The number of carbonyl (C=O) groups excluding carboxylic acids is 1. The maximum atomic E-state index is 12.4. The highest BCUT2D eigenvalue weighted by Crippen LogP contribution is 2.40. The van der Waals surface area contributed by atoms with E-state index in [1.54, 1.807) is 0 Å². The summed E-state index contributed by atoms with van der Waals surface area (Å²) in [6, 6.07) is 0.581. The van der Waals surface area contributed by atoms with Crippen LogP contribution in [0.15, 0.2) is 0 Å². The van der Waals surface area contributed by atoms with Crippen molar-refractivity contribution in [2.24, 2.45) is 17.8 Å². The van der Waals surface area contributed by atoms with E-state index >= 15 is 0 Å². The number of hydrogen-bond acceptors (Lipinski definition) is 2. The van der Waals surface area contributed by atoms with E-state index < -0.39 is 5.97 Å². The van der Waals surface area contributed by atoms with Gasteiger partial charge < -0.3 is 15.3 Å². The Morgan fingerprint density at radius 2 is 1.81 bits per heavy atom. The minimum atomic E-state index is -0.712. The van der Waals surface area contributed by atoms with Gasteiger partial charge in [0.25, 0.3) is 0 Å². The standard InChI is InChI=1S/C16H26N2O3/c1-10(12-2-3-12)9-17-16(21)18-13-4-5-14(18)7-11(6-13)8-15(19)20/h10-14H,2-9H2,1H3,(H,17,21)(H,19,20). The van der Waals surface area contributed by atoms with Crippen molar-refractivity contribution in [1.82, 2.24) is 10.2 Å². The number of carboxylic acid groups (broad SMARTS) is 1. The monoisotopic (exact) mass is 294 g/mol. The van der Waals surface area contributed by atoms with E-state index in [0.29, 0.717) is 5.92 Å². The van der Waals surface area contributed by atoms with E-state index in [1.165, 1.54) is 12.8 Å². The summed E-state index contributed by atoms with van der Waals surface area (Å²) in [4.78, 5) is 25.3. The van der Waals surface area contributed by atoms with Crippen LogP contribution in [0.3, 0.4) is 0 Å². The molecule has 3 aliphatic rings. The third-order valence-electron chi connectivity index (χ3n) is 5.53. The van der Waals surface area contributed by atoms with Crippen molar-refractivity contribution in [3.05, 3.63) is 0 Å². The Morgan fingerprint density at radius 1 is 1.19 bits per heavy atom. The summed E-state index contributed by atoms with van der Waals surface area (Å²) in [6.07, 6.45) is 6.65. The van der Waals surface area contributed by atoms with Crippen LogP contribution in [0.2, 0.25) is 0 Å². The van der Waals surface area contributed by atoms with Crippen LogP contribution >= 0.6 is 0 Å². The highest BCUT2D eigenvalue weighted by molar-refractivity contribution is 5.75. The van der Waals surface area contributed by atoms with Gasteiger partial charge in [-0.25, -0.2) is 4.79 Å². The molecule has 1 saturated carbocycles. The van der Waals surface area contributed by atoms with Crippen LogP contribution < -0.4 is 5.32 Å². The minimum Gasteiger partial charge on any atom is -0.481 e. The molecule has 2 N–H and O–H groups in total. The van der Waals surface area contributed by atoms with Crippen LogP contribution in [0.1, 0.15) is 51.9 Å². The topological polar surface area (TPSA) is 69.6 Å². The Hall–Kier alpha value is -1.26. The first kappa shape index (κ1) is 14.7. The highest BCUT2D eigenvalue weighted by Gasteiger charge is 2.43. The summed E-state index contributed by atoms with van der Waals surface area (Å²) in [6.45, 7) is 2.99. The van der Waals surface area contributed by atoms with Gasteiger partial charge in [0.05, 0.1) is 0 Å². The van der Waals surface area contributed by atoms with Gasteiger partial charge in [-0.3, -0.25) is 4.79 Å². The average molecular weight is 294 g/mol. The second-order valence-electron chi connectivity index (χ2n) is 7.23. The number of nitrogens with one attached hydrogen (secondary N) is 1. The summed E-state index contributed by atoms with van der Waals surface area (Å²) in [5.74, 6) is 0.921. The molecule has 0 aromatic carbocycles. The normalized spacial score (nSPS) is 32.8. The quantitative estimate of drug-likeness (QED) is 0.818. The number of carboxylic acids is 1. The fraction of sp³-hybridized carbons (Fsp3) is 0.875. The number of rotatable bonds is 5. The highest BCUT2D eigenvalue weighted by atomic mass is 16.4. The number of piperidine rings is 1. The number of nitrogens with zero attached hydrogens (tertiary/aromatic N) is 1. The van der Waals surface area contributed by atoms with Gasteiger partial charge in [0.1, 0.15) is 0 Å². The molecular formula is C16H26N2O3.